The third-order valence-electron chi connectivity index (χ3n) is 1.55. The summed E-state index contributed by atoms with van der Waals surface area (Å²) in [5.74, 6) is 1.39. The van der Waals surface area contributed by atoms with Gasteiger partial charge in [0.15, 0.2) is 0 Å². The molecule has 1 heteroatoms. The van der Waals surface area contributed by atoms with E-state index in [4.69, 9.17) is 0 Å². The Bertz CT molecular complexity index is 55.4. The van der Waals surface area contributed by atoms with Gasteiger partial charge < -0.3 is 0 Å². The van der Waals surface area contributed by atoms with Crippen LogP contribution in [0.15, 0.2) is 0 Å². The van der Waals surface area contributed by atoms with Crippen molar-refractivity contribution in [1.29, 1.82) is 0 Å². The van der Waals surface area contributed by atoms with Gasteiger partial charge in [-0.2, -0.15) is 11.8 Å². The van der Waals surface area contributed by atoms with Crippen LogP contribution in [0.4, 0.5) is 0 Å². The zero-order valence-corrected chi connectivity index (χ0v) is 6.04. The highest BCUT2D eigenvalue weighted by molar-refractivity contribution is 8.00. The Hall–Kier alpha value is 0.350. The van der Waals surface area contributed by atoms with Crippen molar-refractivity contribution in [2.24, 2.45) is 0 Å². The van der Waals surface area contributed by atoms with Crippen molar-refractivity contribution in [1.82, 2.24) is 0 Å². The van der Waals surface area contributed by atoms with Crippen LogP contribution in [0.5, 0.6) is 0 Å². The predicted molar refractivity (Wildman–Crippen MR) is 40.1 cm³/mol. The summed E-state index contributed by atoms with van der Waals surface area (Å²) in [4.78, 5) is 0. The maximum absolute atomic E-state index is 3.84. The fourth-order valence-electron chi connectivity index (χ4n) is 1.10. The fraction of sp³-hybridized carbons (Fsp3) is 0.857. The van der Waals surface area contributed by atoms with E-state index in [1.807, 2.05) is 0 Å². The molecule has 0 aromatic heterocycles. The second-order valence-electron chi connectivity index (χ2n) is 2.28. The highest BCUT2D eigenvalue weighted by Crippen LogP contribution is 2.28. The lowest BCUT2D eigenvalue weighted by Crippen LogP contribution is -1.93. The average Bonchev–Trinajstić information content (AvgIpc) is 2.19. The molecule has 1 rings (SSSR count). The van der Waals surface area contributed by atoms with Crippen molar-refractivity contribution in [3.8, 4) is 0 Å². The van der Waals surface area contributed by atoms with E-state index in [-0.39, 0.29) is 0 Å². The van der Waals surface area contributed by atoms with Crippen LogP contribution < -0.4 is 0 Å². The van der Waals surface area contributed by atoms with Crippen molar-refractivity contribution >= 4 is 11.8 Å². The molecule has 0 spiro atoms. The van der Waals surface area contributed by atoms with Crippen LogP contribution in [0.2, 0.25) is 0 Å². The molecule has 0 N–H and O–H groups in total. The Morgan fingerprint density at radius 3 is 3.00 bits per heavy atom. The minimum absolute atomic E-state index is 0.965. The number of hydrogen-bond acceptors (Lipinski definition) is 1. The lowest BCUT2D eigenvalue weighted by Gasteiger charge is -2.02. The van der Waals surface area contributed by atoms with E-state index in [1.165, 1.54) is 25.0 Å². The Balaban J connectivity index is 2.06. The maximum Gasteiger partial charge on any atom is 0.00473 e. The molecule has 0 saturated carbocycles. The Morgan fingerprint density at radius 2 is 2.50 bits per heavy atom. The van der Waals surface area contributed by atoms with Crippen molar-refractivity contribution in [2.45, 2.75) is 30.9 Å². The van der Waals surface area contributed by atoms with Crippen LogP contribution in [0.1, 0.15) is 25.7 Å². The molecule has 8 heavy (non-hydrogen) atoms. The normalized spacial score (nSPS) is 28.9. The molecule has 47 valence electrons. The van der Waals surface area contributed by atoms with Crippen molar-refractivity contribution in [3.05, 3.63) is 6.92 Å². The van der Waals surface area contributed by atoms with Crippen LogP contribution in [0.3, 0.4) is 0 Å². The molecule has 1 atom stereocenters. The van der Waals surface area contributed by atoms with Gasteiger partial charge in [0.1, 0.15) is 0 Å². The van der Waals surface area contributed by atoms with Gasteiger partial charge in [-0.1, -0.05) is 13.3 Å². The number of thioether (sulfide) groups is 1. The molecule has 0 aromatic rings. The summed E-state index contributed by atoms with van der Waals surface area (Å²) in [7, 11) is 0. The molecule has 1 unspecified atom stereocenters. The van der Waals surface area contributed by atoms with Gasteiger partial charge in [0, 0.05) is 5.25 Å². The largest absolute Gasteiger partial charge is 0.159 e. The standard InChI is InChI=1S/C7H13S/c1-2-4-7-5-3-6-8-7/h7H,1-6H2. The molecule has 1 fully saturated rings. The molecule has 0 aliphatic carbocycles. The van der Waals surface area contributed by atoms with Crippen molar-refractivity contribution in [2.75, 3.05) is 5.75 Å². The van der Waals surface area contributed by atoms with Crippen LogP contribution in [0.25, 0.3) is 0 Å². The van der Waals surface area contributed by atoms with Crippen LogP contribution in [-0.4, -0.2) is 11.0 Å². The molecule has 0 amide bonds. The summed E-state index contributed by atoms with van der Waals surface area (Å²) in [6.07, 6.45) is 5.35. The molecule has 1 heterocycles. The topological polar surface area (TPSA) is 0 Å². The summed E-state index contributed by atoms with van der Waals surface area (Å²) in [5.41, 5.74) is 0. The van der Waals surface area contributed by atoms with Gasteiger partial charge in [0.05, 0.1) is 0 Å². The lowest BCUT2D eigenvalue weighted by molar-refractivity contribution is 0.724. The van der Waals surface area contributed by atoms with E-state index in [1.54, 1.807) is 0 Å². The third-order valence-corrected chi connectivity index (χ3v) is 3.02. The van der Waals surface area contributed by atoms with Gasteiger partial charge in [-0.05, 0) is 25.0 Å². The predicted octanol–water partition coefficient (Wildman–Crippen LogP) is 2.50. The van der Waals surface area contributed by atoms with Gasteiger partial charge in [0.2, 0.25) is 0 Å². The highest BCUT2D eigenvalue weighted by Gasteiger charge is 2.13. The summed E-state index contributed by atoms with van der Waals surface area (Å²) >= 11 is 2.13. The third kappa shape index (κ3) is 1.70. The van der Waals surface area contributed by atoms with Crippen LogP contribution in [0, 0.1) is 6.92 Å². The Labute approximate surface area is 56.0 Å². The van der Waals surface area contributed by atoms with Gasteiger partial charge in [-0.25, -0.2) is 0 Å². The second-order valence-corrected chi connectivity index (χ2v) is 3.69. The summed E-state index contributed by atoms with van der Waals surface area (Å²) in [6.45, 7) is 3.84. The van der Waals surface area contributed by atoms with Gasteiger partial charge in [0.25, 0.3) is 0 Å². The van der Waals surface area contributed by atoms with E-state index < -0.39 is 0 Å². The Kier molecular flexibility index (Phi) is 2.74. The quantitative estimate of drug-likeness (QED) is 0.552. The second kappa shape index (κ2) is 3.39. The minimum Gasteiger partial charge on any atom is -0.159 e. The fourth-order valence-corrected chi connectivity index (χ4v) is 2.43. The number of rotatable bonds is 2. The first-order chi connectivity index (χ1) is 3.93. The average molecular weight is 129 g/mol. The van der Waals surface area contributed by atoms with E-state index in [0.29, 0.717) is 0 Å². The van der Waals surface area contributed by atoms with E-state index >= 15 is 0 Å². The van der Waals surface area contributed by atoms with E-state index in [9.17, 15) is 0 Å². The smallest absolute Gasteiger partial charge is 0.00473 e. The monoisotopic (exact) mass is 129 g/mol. The molecule has 1 saturated heterocycles. The Morgan fingerprint density at radius 1 is 1.62 bits per heavy atom. The molecule has 1 aliphatic rings. The summed E-state index contributed by atoms with van der Waals surface area (Å²) in [5, 5.41) is 0.965. The summed E-state index contributed by atoms with van der Waals surface area (Å²) in [6, 6.07) is 0. The first-order valence-corrected chi connectivity index (χ1v) is 4.39. The summed E-state index contributed by atoms with van der Waals surface area (Å²) < 4.78 is 0. The lowest BCUT2D eigenvalue weighted by atomic mass is 10.2. The SMILES string of the molecule is [CH2]CCC1CCCS1. The molecule has 0 nitrogen and oxygen atoms in total. The molecular formula is C7H13S. The van der Waals surface area contributed by atoms with Crippen molar-refractivity contribution in [3.63, 3.8) is 0 Å². The molecule has 0 aromatic carbocycles. The zero-order chi connectivity index (χ0) is 5.82. The van der Waals surface area contributed by atoms with E-state index in [0.717, 1.165) is 11.7 Å². The minimum atomic E-state index is 0.965. The van der Waals surface area contributed by atoms with Gasteiger partial charge in [-0.3, -0.25) is 0 Å². The van der Waals surface area contributed by atoms with Gasteiger partial charge in [-0.15, -0.1) is 0 Å². The zero-order valence-electron chi connectivity index (χ0n) is 5.23. The van der Waals surface area contributed by atoms with Crippen LogP contribution in [-0.2, 0) is 0 Å². The maximum atomic E-state index is 3.84. The van der Waals surface area contributed by atoms with Crippen molar-refractivity contribution < 1.29 is 0 Å². The molecule has 1 radical (unpaired) electrons. The molecule has 0 bridgehead atoms. The van der Waals surface area contributed by atoms with E-state index in [2.05, 4.69) is 18.7 Å². The first-order valence-electron chi connectivity index (χ1n) is 3.34. The molecule has 1 aliphatic heterocycles. The number of hydrogen-bond donors (Lipinski definition) is 0. The van der Waals surface area contributed by atoms with Crippen LogP contribution >= 0.6 is 11.8 Å². The first kappa shape index (κ1) is 6.47. The molecular weight excluding hydrogens is 116 g/mol. The van der Waals surface area contributed by atoms with Gasteiger partial charge >= 0.3 is 0 Å². The highest BCUT2D eigenvalue weighted by atomic mass is 32.2.